The highest BCUT2D eigenvalue weighted by Crippen LogP contribution is 2.12. The summed E-state index contributed by atoms with van der Waals surface area (Å²) in [6, 6.07) is 1.43. The number of hydrogen-bond acceptors (Lipinski definition) is 2. The monoisotopic (exact) mass is 268 g/mol. The van der Waals surface area contributed by atoms with E-state index in [-0.39, 0.29) is 0 Å². The quantitative estimate of drug-likeness (QED) is 0.742. The van der Waals surface area contributed by atoms with Gasteiger partial charge in [0.15, 0.2) is 0 Å². The summed E-state index contributed by atoms with van der Waals surface area (Å²) >= 11 is 0. The molecule has 0 aromatic carbocycles. The molecule has 0 spiro atoms. The smallest absolute Gasteiger partial charge is 0.00385 e. The van der Waals surface area contributed by atoms with Gasteiger partial charge in [0.25, 0.3) is 0 Å². The van der Waals surface area contributed by atoms with Gasteiger partial charge in [-0.3, -0.25) is 0 Å². The molecular weight excluding hydrogens is 232 g/mol. The lowest BCUT2D eigenvalue weighted by Gasteiger charge is -2.28. The van der Waals surface area contributed by atoms with Crippen LogP contribution < -0.4 is 0 Å². The molecule has 0 saturated carbocycles. The Morgan fingerprint density at radius 2 is 0.737 bits per heavy atom. The zero-order valence-corrected chi connectivity index (χ0v) is 13.8. The fourth-order valence-corrected chi connectivity index (χ4v) is 3.05. The number of rotatable bonds is 2. The van der Waals surface area contributed by atoms with E-state index in [1.807, 2.05) is 0 Å². The van der Waals surface area contributed by atoms with Crippen molar-refractivity contribution in [3.05, 3.63) is 0 Å². The van der Waals surface area contributed by atoms with E-state index in [0.717, 1.165) is 0 Å². The molecule has 114 valence electrons. The van der Waals surface area contributed by atoms with Gasteiger partial charge in [0, 0.05) is 12.1 Å². The Morgan fingerprint density at radius 1 is 0.474 bits per heavy atom. The summed E-state index contributed by atoms with van der Waals surface area (Å²) in [6.45, 7) is 14.6. The molecule has 0 unspecified atom stereocenters. The lowest BCUT2D eigenvalue weighted by Crippen LogP contribution is -2.35. The van der Waals surface area contributed by atoms with Gasteiger partial charge in [0.05, 0.1) is 0 Å². The molecule has 0 radical (unpaired) electrons. The van der Waals surface area contributed by atoms with Crippen molar-refractivity contribution in [2.24, 2.45) is 0 Å². The third-order valence-corrected chi connectivity index (χ3v) is 4.49. The zero-order chi connectivity index (χ0) is 14.1. The van der Waals surface area contributed by atoms with Gasteiger partial charge in [-0.1, -0.05) is 19.3 Å². The molecule has 19 heavy (non-hydrogen) atoms. The van der Waals surface area contributed by atoms with Crippen LogP contribution in [0.15, 0.2) is 0 Å². The van der Waals surface area contributed by atoms with Crippen LogP contribution in [0.3, 0.4) is 0 Å². The van der Waals surface area contributed by atoms with Gasteiger partial charge in [-0.05, 0) is 79.6 Å². The Kier molecular flexibility index (Phi) is 8.72. The van der Waals surface area contributed by atoms with Crippen molar-refractivity contribution in [1.29, 1.82) is 0 Å². The second-order valence-corrected chi connectivity index (χ2v) is 6.73. The predicted octanol–water partition coefficient (Wildman–Crippen LogP) is 4.15. The normalized spacial score (nSPS) is 23.1. The first kappa shape index (κ1) is 17.0. The fourth-order valence-electron chi connectivity index (χ4n) is 3.05. The second kappa shape index (κ2) is 9.77. The molecule has 0 aromatic heterocycles. The summed E-state index contributed by atoms with van der Waals surface area (Å²) in [5.74, 6) is 0. The Labute approximate surface area is 121 Å². The van der Waals surface area contributed by atoms with Crippen molar-refractivity contribution in [1.82, 2.24) is 9.80 Å². The van der Waals surface area contributed by atoms with Crippen LogP contribution >= 0.6 is 0 Å². The van der Waals surface area contributed by atoms with Crippen molar-refractivity contribution in [2.45, 2.75) is 84.7 Å². The lowest BCUT2D eigenvalue weighted by atomic mass is 10.1. The van der Waals surface area contributed by atoms with Crippen LogP contribution in [0, 0.1) is 0 Å². The topological polar surface area (TPSA) is 6.48 Å². The molecule has 0 N–H and O–H groups in total. The largest absolute Gasteiger partial charge is 0.301 e. The maximum absolute atomic E-state index is 2.68. The first-order chi connectivity index (χ1) is 9.11. The van der Waals surface area contributed by atoms with E-state index in [9.17, 15) is 0 Å². The van der Waals surface area contributed by atoms with Crippen LogP contribution in [0.2, 0.25) is 0 Å². The Bertz CT molecular complexity index is 191. The number of hydrogen-bond donors (Lipinski definition) is 0. The minimum Gasteiger partial charge on any atom is -0.301 e. The highest BCUT2D eigenvalue weighted by atomic mass is 15.2. The molecule has 0 bridgehead atoms. The van der Waals surface area contributed by atoms with Crippen molar-refractivity contribution in [3.8, 4) is 0 Å². The number of nitrogens with zero attached hydrogens (tertiary/aromatic N) is 2. The SMILES string of the molecule is CC(C)N1CCCCCCCN(C(C)C)CCCC1. The van der Waals surface area contributed by atoms with E-state index in [2.05, 4.69) is 37.5 Å². The lowest BCUT2D eigenvalue weighted by molar-refractivity contribution is 0.193. The zero-order valence-electron chi connectivity index (χ0n) is 13.8. The fraction of sp³-hybridized carbons (Fsp3) is 1.00. The van der Waals surface area contributed by atoms with Crippen molar-refractivity contribution < 1.29 is 0 Å². The summed E-state index contributed by atoms with van der Waals surface area (Å²) in [4.78, 5) is 5.36. The predicted molar refractivity (Wildman–Crippen MR) is 85.7 cm³/mol. The van der Waals surface area contributed by atoms with Crippen LogP contribution in [0.1, 0.15) is 72.6 Å². The molecule has 2 heteroatoms. The van der Waals surface area contributed by atoms with E-state index in [1.54, 1.807) is 0 Å². The molecule has 0 atom stereocenters. The summed E-state index contributed by atoms with van der Waals surface area (Å²) in [5, 5.41) is 0. The van der Waals surface area contributed by atoms with Crippen molar-refractivity contribution >= 4 is 0 Å². The highest BCUT2D eigenvalue weighted by Gasteiger charge is 2.12. The Balaban J connectivity index is 2.43. The van der Waals surface area contributed by atoms with Gasteiger partial charge in [-0.15, -0.1) is 0 Å². The van der Waals surface area contributed by atoms with Gasteiger partial charge < -0.3 is 9.80 Å². The van der Waals surface area contributed by atoms with Crippen LogP contribution in [-0.2, 0) is 0 Å². The van der Waals surface area contributed by atoms with Crippen LogP contribution in [0.5, 0.6) is 0 Å². The van der Waals surface area contributed by atoms with Crippen LogP contribution in [0.25, 0.3) is 0 Å². The van der Waals surface area contributed by atoms with E-state index in [0.29, 0.717) is 12.1 Å². The van der Waals surface area contributed by atoms with Crippen LogP contribution in [-0.4, -0.2) is 48.1 Å². The van der Waals surface area contributed by atoms with Crippen LogP contribution in [0.4, 0.5) is 0 Å². The maximum atomic E-state index is 2.68. The molecule has 2 nitrogen and oxygen atoms in total. The van der Waals surface area contributed by atoms with Gasteiger partial charge >= 0.3 is 0 Å². The molecule has 1 rings (SSSR count). The molecule has 0 aromatic rings. The van der Waals surface area contributed by atoms with E-state index >= 15 is 0 Å². The highest BCUT2D eigenvalue weighted by molar-refractivity contribution is 4.67. The molecule has 1 saturated heterocycles. The third-order valence-electron chi connectivity index (χ3n) is 4.49. The van der Waals surface area contributed by atoms with Crippen molar-refractivity contribution in [3.63, 3.8) is 0 Å². The third kappa shape index (κ3) is 7.31. The van der Waals surface area contributed by atoms with Gasteiger partial charge in [-0.2, -0.15) is 0 Å². The minimum atomic E-state index is 0.714. The van der Waals surface area contributed by atoms with Gasteiger partial charge in [0.2, 0.25) is 0 Å². The van der Waals surface area contributed by atoms with E-state index in [4.69, 9.17) is 0 Å². The Morgan fingerprint density at radius 3 is 1.05 bits per heavy atom. The van der Waals surface area contributed by atoms with Gasteiger partial charge in [-0.25, -0.2) is 0 Å². The molecule has 0 amide bonds. The molecule has 0 aliphatic carbocycles. The molecule has 1 aliphatic rings. The second-order valence-electron chi connectivity index (χ2n) is 6.73. The average molecular weight is 268 g/mol. The Hall–Kier alpha value is -0.0800. The van der Waals surface area contributed by atoms with Crippen molar-refractivity contribution in [2.75, 3.05) is 26.2 Å². The summed E-state index contributed by atoms with van der Waals surface area (Å²) in [6.07, 6.45) is 9.79. The molecule has 1 heterocycles. The summed E-state index contributed by atoms with van der Waals surface area (Å²) < 4.78 is 0. The molecular formula is C17H36N2. The standard InChI is InChI=1S/C17H36N2/c1-16(2)18-12-8-6-5-7-9-13-19(17(3)4)15-11-10-14-18/h16-17H,5-15H2,1-4H3. The minimum absolute atomic E-state index is 0.714. The first-order valence-corrected chi connectivity index (χ1v) is 8.59. The maximum Gasteiger partial charge on any atom is 0.00385 e. The summed E-state index contributed by atoms with van der Waals surface area (Å²) in [5.41, 5.74) is 0. The average Bonchev–Trinajstić information content (AvgIpc) is 2.37. The first-order valence-electron chi connectivity index (χ1n) is 8.59. The summed E-state index contributed by atoms with van der Waals surface area (Å²) in [7, 11) is 0. The molecule has 1 aliphatic heterocycles. The van der Waals surface area contributed by atoms with Gasteiger partial charge in [0.1, 0.15) is 0 Å². The van der Waals surface area contributed by atoms with E-state index < -0.39 is 0 Å². The van der Waals surface area contributed by atoms with E-state index in [1.165, 1.54) is 71.1 Å². The molecule has 1 fully saturated rings.